The maximum Gasteiger partial charge on any atom is 0.573 e. The highest BCUT2D eigenvalue weighted by Crippen LogP contribution is 2.34. The zero-order chi connectivity index (χ0) is 13.2. The number of aryl methyl sites for hydroxylation is 1. The van der Waals surface area contributed by atoms with Crippen LogP contribution in [0.2, 0.25) is 0 Å². The molecule has 9 heteroatoms. The zero-order valence-corrected chi connectivity index (χ0v) is 8.32. The van der Waals surface area contributed by atoms with Crippen LogP contribution in [0.5, 0.6) is 5.75 Å². The minimum Gasteiger partial charge on any atom is -0.397 e. The lowest BCUT2D eigenvalue weighted by atomic mass is 10.2. The van der Waals surface area contributed by atoms with E-state index in [2.05, 4.69) is 9.72 Å². The molecule has 1 aromatic heterocycles. The third-order valence-corrected chi connectivity index (χ3v) is 1.78. The first-order valence-corrected chi connectivity index (χ1v) is 4.11. The predicted molar refractivity (Wildman–Crippen MR) is 47.7 cm³/mol. The predicted octanol–water partition coefficient (Wildman–Crippen LogP) is 2.01. The summed E-state index contributed by atoms with van der Waals surface area (Å²) in [6.07, 6.45) is -4.49. The van der Waals surface area contributed by atoms with Gasteiger partial charge in [-0.25, -0.2) is 0 Å². The molecule has 0 saturated carbocycles. The number of pyridine rings is 1. The summed E-state index contributed by atoms with van der Waals surface area (Å²) in [4.78, 5) is 23.5. The normalized spacial score (nSPS) is 11.1. The molecule has 0 radical (unpaired) electrons. The molecule has 1 rings (SSSR count). The van der Waals surface area contributed by atoms with Gasteiger partial charge in [-0.1, -0.05) is 0 Å². The number of rotatable bonds is 3. The van der Waals surface area contributed by atoms with Gasteiger partial charge in [0.1, 0.15) is 5.56 Å². The molecule has 1 aromatic rings. The second kappa shape index (κ2) is 4.36. The summed E-state index contributed by atoms with van der Waals surface area (Å²) in [6, 6.07) is 0. The highest BCUT2D eigenvalue weighted by molar-refractivity contribution is 5.84. The Morgan fingerprint density at radius 1 is 1.53 bits per heavy atom. The SMILES string of the molecule is Cc1ncc(OC(F)(F)F)c([N+](=O)[O-])c1C=O. The first-order chi connectivity index (χ1) is 7.76. The van der Waals surface area contributed by atoms with E-state index < -0.39 is 28.3 Å². The quantitative estimate of drug-likeness (QED) is 0.465. The molecule has 0 atom stereocenters. The molecule has 0 bridgehead atoms. The second-order valence-electron chi connectivity index (χ2n) is 2.89. The highest BCUT2D eigenvalue weighted by atomic mass is 19.4. The number of ether oxygens (including phenoxy) is 1. The van der Waals surface area contributed by atoms with Crippen LogP contribution in [-0.4, -0.2) is 22.6 Å². The minimum atomic E-state index is -5.10. The number of carbonyl (C=O) groups excluding carboxylic acids is 1. The van der Waals surface area contributed by atoms with Crippen LogP contribution in [0.25, 0.3) is 0 Å². The monoisotopic (exact) mass is 250 g/mol. The number of nitro groups is 1. The first kappa shape index (κ1) is 12.9. The van der Waals surface area contributed by atoms with Gasteiger partial charge in [0.2, 0.25) is 5.75 Å². The van der Waals surface area contributed by atoms with Crippen LogP contribution in [0.1, 0.15) is 16.1 Å². The molecule has 0 amide bonds. The molecule has 0 fully saturated rings. The Hall–Kier alpha value is -2.19. The third kappa shape index (κ3) is 2.89. The van der Waals surface area contributed by atoms with Crippen LogP contribution in [0.15, 0.2) is 6.20 Å². The van der Waals surface area contributed by atoms with E-state index in [1.807, 2.05) is 0 Å². The van der Waals surface area contributed by atoms with Gasteiger partial charge in [0.25, 0.3) is 0 Å². The van der Waals surface area contributed by atoms with E-state index in [1.54, 1.807) is 0 Å². The van der Waals surface area contributed by atoms with Crippen molar-refractivity contribution in [1.82, 2.24) is 4.98 Å². The first-order valence-electron chi connectivity index (χ1n) is 4.11. The largest absolute Gasteiger partial charge is 0.573 e. The summed E-state index contributed by atoms with van der Waals surface area (Å²) in [5, 5.41) is 10.6. The van der Waals surface area contributed by atoms with Gasteiger partial charge in [0.05, 0.1) is 16.8 Å². The van der Waals surface area contributed by atoms with Crippen LogP contribution in [0.4, 0.5) is 18.9 Å². The Labute approximate surface area is 92.2 Å². The molecule has 17 heavy (non-hydrogen) atoms. The van der Waals surface area contributed by atoms with E-state index in [1.165, 1.54) is 6.92 Å². The van der Waals surface area contributed by atoms with Gasteiger partial charge in [-0.2, -0.15) is 0 Å². The molecule has 0 aliphatic carbocycles. The highest BCUT2D eigenvalue weighted by Gasteiger charge is 2.36. The van der Waals surface area contributed by atoms with E-state index in [0.717, 1.165) is 0 Å². The molecule has 6 nitrogen and oxygen atoms in total. The Bertz CT molecular complexity index is 473. The molecule has 0 aliphatic rings. The van der Waals surface area contributed by atoms with Gasteiger partial charge in [0.15, 0.2) is 6.29 Å². The lowest BCUT2D eigenvalue weighted by Gasteiger charge is -2.10. The number of hydrogen-bond donors (Lipinski definition) is 0. The van der Waals surface area contributed by atoms with Gasteiger partial charge in [0, 0.05) is 0 Å². The smallest absolute Gasteiger partial charge is 0.397 e. The van der Waals surface area contributed by atoms with Gasteiger partial charge in [-0.3, -0.25) is 19.9 Å². The van der Waals surface area contributed by atoms with Crippen LogP contribution >= 0.6 is 0 Å². The van der Waals surface area contributed by atoms with E-state index in [4.69, 9.17) is 0 Å². The van der Waals surface area contributed by atoms with Crippen molar-refractivity contribution in [2.75, 3.05) is 0 Å². The van der Waals surface area contributed by atoms with Crippen molar-refractivity contribution in [1.29, 1.82) is 0 Å². The van der Waals surface area contributed by atoms with Crippen molar-refractivity contribution in [3.63, 3.8) is 0 Å². The fourth-order valence-corrected chi connectivity index (χ4v) is 1.12. The van der Waals surface area contributed by atoms with Crippen LogP contribution in [0.3, 0.4) is 0 Å². The van der Waals surface area contributed by atoms with Crippen molar-refractivity contribution in [2.45, 2.75) is 13.3 Å². The minimum absolute atomic E-state index is 0.0544. The number of halogens is 3. The average Bonchev–Trinajstić information content (AvgIpc) is 2.17. The second-order valence-corrected chi connectivity index (χ2v) is 2.89. The van der Waals surface area contributed by atoms with Gasteiger partial charge < -0.3 is 4.74 Å². The molecule has 92 valence electrons. The van der Waals surface area contributed by atoms with Gasteiger partial charge >= 0.3 is 12.0 Å². The molecule has 0 aliphatic heterocycles. The van der Waals surface area contributed by atoms with Crippen molar-refractivity contribution in [2.24, 2.45) is 0 Å². The Morgan fingerprint density at radius 2 is 2.12 bits per heavy atom. The number of nitrogens with zero attached hydrogens (tertiary/aromatic N) is 2. The van der Waals surface area contributed by atoms with Crippen molar-refractivity contribution in [3.8, 4) is 5.75 Å². The zero-order valence-electron chi connectivity index (χ0n) is 8.32. The lowest BCUT2D eigenvalue weighted by Crippen LogP contribution is -2.18. The molecular weight excluding hydrogens is 245 g/mol. The van der Waals surface area contributed by atoms with Gasteiger partial charge in [-0.05, 0) is 6.92 Å². The molecule has 0 aromatic carbocycles. The number of hydrogen-bond acceptors (Lipinski definition) is 5. The van der Waals surface area contributed by atoms with E-state index in [0.29, 0.717) is 6.20 Å². The topological polar surface area (TPSA) is 82.3 Å². The van der Waals surface area contributed by atoms with Crippen LogP contribution in [0, 0.1) is 17.0 Å². The van der Waals surface area contributed by atoms with Crippen LogP contribution < -0.4 is 4.74 Å². The van der Waals surface area contributed by atoms with E-state index in [9.17, 15) is 28.1 Å². The maximum absolute atomic E-state index is 12.0. The molecule has 0 spiro atoms. The van der Waals surface area contributed by atoms with Gasteiger partial charge in [-0.15, -0.1) is 13.2 Å². The fraction of sp³-hybridized carbons (Fsp3) is 0.250. The average molecular weight is 250 g/mol. The summed E-state index contributed by atoms with van der Waals surface area (Å²) in [5.41, 5.74) is -1.65. The molecular formula is C8H5F3N2O4. The molecule has 0 unspecified atom stereocenters. The summed E-state index contributed by atoms with van der Waals surface area (Å²) < 4.78 is 39.3. The molecule has 1 heterocycles. The van der Waals surface area contributed by atoms with E-state index >= 15 is 0 Å². The fourth-order valence-electron chi connectivity index (χ4n) is 1.12. The number of aromatic nitrogens is 1. The summed E-state index contributed by atoms with van der Waals surface area (Å²) >= 11 is 0. The summed E-state index contributed by atoms with van der Waals surface area (Å²) in [6.45, 7) is 1.26. The van der Waals surface area contributed by atoms with E-state index in [-0.39, 0.29) is 12.0 Å². The molecule has 0 saturated heterocycles. The third-order valence-electron chi connectivity index (χ3n) is 1.78. The summed E-state index contributed by atoms with van der Waals surface area (Å²) in [7, 11) is 0. The van der Waals surface area contributed by atoms with Crippen molar-refractivity contribution < 1.29 is 27.6 Å². The van der Waals surface area contributed by atoms with Crippen molar-refractivity contribution in [3.05, 3.63) is 27.6 Å². The van der Waals surface area contributed by atoms with Crippen molar-refractivity contribution >= 4 is 12.0 Å². The number of alkyl halides is 3. The van der Waals surface area contributed by atoms with Crippen LogP contribution in [-0.2, 0) is 0 Å². The number of carbonyl (C=O) groups is 1. The lowest BCUT2D eigenvalue weighted by molar-refractivity contribution is -0.389. The maximum atomic E-state index is 12.0. The summed E-state index contributed by atoms with van der Waals surface area (Å²) in [5.74, 6) is -1.12. The Balaban J connectivity index is 3.41. The Morgan fingerprint density at radius 3 is 2.53 bits per heavy atom. The standard InChI is InChI=1S/C8H5F3N2O4/c1-4-5(3-14)7(13(15)16)6(2-12-4)17-8(9,10)11/h2-3H,1H3. The number of aldehydes is 1. The molecule has 0 N–H and O–H groups in total. The Kier molecular flexibility index (Phi) is 3.30.